The van der Waals surface area contributed by atoms with Crippen LogP contribution in [-0.2, 0) is 0 Å². The highest BCUT2D eigenvalue weighted by Gasteiger charge is 2.16. The molecule has 0 unspecified atom stereocenters. The van der Waals surface area contributed by atoms with Gasteiger partial charge in [0, 0.05) is 23.0 Å². The van der Waals surface area contributed by atoms with Gasteiger partial charge >= 0.3 is 5.97 Å². The lowest BCUT2D eigenvalue weighted by atomic mass is 10.1. The molecule has 110 valence electrons. The monoisotopic (exact) mass is 317 g/mol. The second-order valence-electron chi connectivity index (χ2n) is 4.50. The molecule has 1 N–H and O–H groups in total. The molecule has 0 saturated carbocycles. The summed E-state index contributed by atoms with van der Waals surface area (Å²) in [6.45, 7) is 0. The molecule has 2 aromatic heterocycles. The topological polar surface area (TPSA) is 68.0 Å². The summed E-state index contributed by atoms with van der Waals surface area (Å²) >= 11 is 5.87. The molecular weight excluding hydrogens is 309 g/mol. The van der Waals surface area contributed by atoms with Gasteiger partial charge in [0.15, 0.2) is 5.69 Å². The van der Waals surface area contributed by atoms with Crippen LogP contribution in [0.15, 0.2) is 48.8 Å². The number of benzene rings is 1. The average Bonchev–Trinajstić information content (AvgIpc) is 2.92. The zero-order valence-corrected chi connectivity index (χ0v) is 11.8. The molecule has 0 saturated heterocycles. The number of carboxylic acid groups (broad SMARTS) is 1. The predicted molar refractivity (Wildman–Crippen MR) is 78.7 cm³/mol. The van der Waals surface area contributed by atoms with Crippen LogP contribution in [0.1, 0.15) is 10.5 Å². The number of carbonyl (C=O) groups is 1. The highest BCUT2D eigenvalue weighted by Crippen LogP contribution is 2.27. The first kappa shape index (κ1) is 14.2. The summed E-state index contributed by atoms with van der Waals surface area (Å²) in [5.41, 5.74) is 1.32. The number of rotatable bonds is 3. The third kappa shape index (κ3) is 2.68. The van der Waals surface area contributed by atoms with E-state index >= 15 is 0 Å². The molecule has 0 bridgehead atoms. The highest BCUT2D eigenvalue weighted by molar-refractivity contribution is 6.30. The van der Waals surface area contributed by atoms with Gasteiger partial charge in [0.1, 0.15) is 5.82 Å². The van der Waals surface area contributed by atoms with Crippen LogP contribution in [0.4, 0.5) is 4.39 Å². The summed E-state index contributed by atoms with van der Waals surface area (Å²) in [6, 6.07) is 8.70. The molecule has 5 nitrogen and oxygen atoms in total. The van der Waals surface area contributed by atoms with Crippen LogP contribution in [-0.4, -0.2) is 25.8 Å². The van der Waals surface area contributed by atoms with Crippen molar-refractivity contribution in [2.75, 3.05) is 0 Å². The minimum Gasteiger partial charge on any atom is -0.476 e. The lowest BCUT2D eigenvalue weighted by Crippen LogP contribution is -2.02. The SMILES string of the molecule is O=C(O)c1cc(-c2cc(F)cc(Cl)c2)n(-c2ccncc2)n1. The summed E-state index contributed by atoms with van der Waals surface area (Å²) in [5.74, 6) is -1.68. The Morgan fingerprint density at radius 3 is 2.55 bits per heavy atom. The Kier molecular flexibility index (Phi) is 3.60. The summed E-state index contributed by atoms with van der Waals surface area (Å²) in [4.78, 5) is 15.1. The number of pyridine rings is 1. The first-order valence-electron chi connectivity index (χ1n) is 6.25. The van der Waals surface area contributed by atoms with Gasteiger partial charge in [-0.3, -0.25) is 4.98 Å². The smallest absolute Gasteiger partial charge is 0.356 e. The van der Waals surface area contributed by atoms with E-state index in [1.165, 1.54) is 22.9 Å². The molecule has 3 rings (SSSR count). The second kappa shape index (κ2) is 5.57. The van der Waals surface area contributed by atoms with Crippen molar-refractivity contribution in [1.82, 2.24) is 14.8 Å². The first-order valence-corrected chi connectivity index (χ1v) is 6.62. The van der Waals surface area contributed by atoms with E-state index < -0.39 is 11.8 Å². The highest BCUT2D eigenvalue weighted by atomic mass is 35.5. The molecule has 1 aromatic carbocycles. The van der Waals surface area contributed by atoms with E-state index in [0.29, 0.717) is 16.9 Å². The minimum absolute atomic E-state index is 0.146. The van der Waals surface area contributed by atoms with Crippen molar-refractivity contribution in [1.29, 1.82) is 0 Å². The molecule has 7 heteroatoms. The Morgan fingerprint density at radius 1 is 1.18 bits per heavy atom. The molecule has 3 aromatic rings. The van der Waals surface area contributed by atoms with Gasteiger partial charge in [-0.1, -0.05) is 11.6 Å². The van der Waals surface area contributed by atoms with E-state index in [1.807, 2.05) is 0 Å². The van der Waals surface area contributed by atoms with Crippen molar-refractivity contribution in [2.24, 2.45) is 0 Å². The maximum atomic E-state index is 13.6. The zero-order chi connectivity index (χ0) is 15.7. The normalized spacial score (nSPS) is 10.6. The second-order valence-corrected chi connectivity index (χ2v) is 4.93. The molecule has 22 heavy (non-hydrogen) atoms. The average molecular weight is 318 g/mol. The van der Waals surface area contributed by atoms with Crippen LogP contribution in [0.25, 0.3) is 16.9 Å². The fourth-order valence-corrected chi connectivity index (χ4v) is 2.30. The standard InChI is InChI=1S/C15H9ClFN3O2/c16-10-5-9(6-11(17)7-10)14-8-13(15(21)22)19-20(14)12-1-3-18-4-2-12/h1-8H,(H,21,22). The quantitative estimate of drug-likeness (QED) is 0.803. The van der Waals surface area contributed by atoms with E-state index in [1.54, 1.807) is 30.6 Å². The molecule has 0 aliphatic carbocycles. The molecule has 0 aliphatic rings. The Bertz CT molecular complexity index is 829. The summed E-state index contributed by atoms with van der Waals surface area (Å²) < 4.78 is 15.0. The van der Waals surface area contributed by atoms with Crippen LogP contribution >= 0.6 is 11.6 Å². The number of carboxylic acids is 1. The first-order chi connectivity index (χ1) is 10.5. The summed E-state index contributed by atoms with van der Waals surface area (Å²) in [6.07, 6.45) is 3.11. The van der Waals surface area contributed by atoms with E-state index in [-0.39, 0.29) is 10.7 Å². The fourth-order valence-electron chi connectivity index (χ4n) is 2.08. The number of aromatic carboxylic acids is 1. The molecule has 0 atom stereocenters. The van der Waals surface area contributed by atoms with E-state index in [2.05, 4.69) is 10.1 Å². The van der Waals surface area contributed by atoms with Crippen molar-refractivity contribution in [3.05, 3.63) is 65.3 Å². The van der Waals surface area contributed by atoms with Gasteiger partial charge < -0.3 is 5.11 Å². The van der Waals surface area contributed by atoms with Crippen molar-refractivity contribution < 1.29 is 14.3 Å². The number of aromatic nitrogens is 3. The minimum atomic E-state index is -1.17. The predicted octanol–water partition coefficient (Wildman–Crippen LogP) is 3.43. The molecule has 0 aliphatic heterocycles. The van der Waals surface area contributed by atoms with Crippen LogP contribution < -0.4 is 0 Å². The number of hydrogen-bond donors (Lipinski definition) is 1. The van der Waals surface area contributed by atoms with E-state index in [0.717, 1.165) is 0 Å². The van der Waals surface area contributed by atoms with Crippen molar-refractivity contribution in [2.45, 2.75) is 0 Å². The fraction of sp³-hybridized carbons (Fsp3) is 0. The number of halogens is 2. The lowest BCUT2D eigenvalue weighted by molar-refractivity contribution is 0.0690. The van der Waals surface area contributed by atoms with Crippen LogP contribution in [0.3, 0.4) is 0 Å². The third-order valence-electron chi connectivity index (χ3n) is 2.99. The van der Waals surface area contributed by atoms with E-state index in [4.69, 9.17) is 16.7 Å². The largest absolute Gasteiger partial charge is 0.476 e. The summed E-state index contributed by atoms with van der Waals surface area (Å²) in [5, 5.41) is 13.4. The number of hydrogen-bond acceptors (Lipinski definition) is 3. The zero-order valence-electron chi connectivity index (χ0n) is 11.1. The molecule has 0 fully saturated rings. The molecule has 2 heterocycles. The molecule has 0 amide bonds. The van der Waals surface area contributed by atoms with Crippen molar-refractivity contribution in [3.8, 4) is 16.9 Å². The van der Waals surface area contributed by atoms with Gasteiger partial charge in [-0.25, -0.2) is 13.9 Å². The number of nitrogens with zero attached hydrogens (tertiary/aromatic N) is 3. The van der Waals surface area contributed by atoms with Crippen LogP contribution in [0, 0.1) is 5.82 Å². The lowest BCUT2D eigenvalue weighted by Gasteiger charge is -2.07. The maximum absolute atomic E-state index is 13.6. The Morgan fingerprint density at radius 2 is 1.91 bits per heavy atom. The molecule has 0 spiro atoms. The maximum Gasteiger partial charge on any atom is 0.356 e. The Balaban J connectivity index is 2.23. The Labute approximate surface area is 129 Å². The van der Waals surface area contributed by atoms with Gasteiger partial charge in [0.05, 0.1) is 11.4 Å². The van der Waals surface area contributed by atoms with Crippen LogP contribution in [0.2, 0.25) is 5.02 Å². The van der Waals surface area contributed by atoms with Gasteiger partial charge in [-0.15, -0.1) is 0 Å². The molecule has 0 radical (unpaired) electrons. The summed E-state index contributed by atoms with van der Waals surface area (Å²) in [7, 11) is 0. The van der Waals surface area contributed by atoms with E-state index in [9.17, 15) is 9.18 Å². The van der Waals surface area contributed by atoms with Crippen LogP contribution in [0.5, 0.6) is 0 Å². The molecular formula is C15H9ClFN3O2. The third-order valence-corrected chi connectivity index (χ3v) is 3.21. The van der Waals surface area contributed by atoms with Gasteiger partial charge in [0.2, 0.25) is 0 Å². The van der Waals surface area contributed by atoms with Gasteiger partial charge in [0.25, 0.3) is 0 Å². The van der Waals surface area contributed by atoms with Gasteiger partial charge in [-0.2, -0.15) is 5.10 Å². The van der Waals surface area contributed by atoms with Crippen molar-refractivity contribution >= 4 is 17.6 Å². The van der Waals surface area contributed by atoms with Crippen molar-refractivity contribution in [3.63, 3.8) is 0 Å². The van der Waals surface area contributed by atoms with Gasteiger partial charge in [-0.05, 0) is 36.4 Å². The Hall–Kier alpha value is -2.73.